The molecular formula is C25H30N2O5. The van der Waals surface area contributed by atoms with Gasteiger partial charge in [-0.15, -0.1) is 0 Å². The number of carbonyl (C=O) groups excluding carboxylic acids is 2. The number of amides is 1. The zero-order chi connectivity index (χ0) is 23.1. The quantitative estimate of drug-likeness (QED) is 0.534. The summed E-state index contributed by atoms with van der Waals surface area (Å²) >= 11 is 0. The lowest BCUT2D eigenvalue weighted by molar-refractivity contribution is -0.129. The van der Waals surface area contributed by atoms with E-state index in [1.54, 1.807) is 17.0 Å². The lowest BCUT2D eigenvalue weighted by atomic mass is 9.95. The number of likely N-dealkylation sites (N-methyl/N-ethyl adjacent to an activating group) is 1. The van der Waals surface area contributed by atoms with Gasteiger partial charge in [0.2, 0.25) is 0 Å². The molecule has 1 aliphatic rings. The molecule has 1 aromatic carbocycles. The number of nitrogens with zero attached hydrogens (tertiary/aromatic N) is 2. The van der Waals surface area contributed by atoms with Crippen LogP contribution in [0.5, 0.6) is 5.75 Å². The van der Waals surface area contributed by atoms with E-state index in [4.69, 9.17) is 9.15 Å². The van der Waals surface area contributed by atoms with Gasteiger partial charge in [0.05, 0.1) is 24.5 Å². The van der Waals surface area contributed by atoms with Gasteiger partial charge in [0.25, 0.3) is 5.91 Å². The van der Waals surface area contributed by atoms with Crippen LogP contribution in [-0.4, -0.2) is 59.4 Å². The van der Waals surface area contributed by atoms with Crippen molar-refractivity contribution in [1.82, 2.24) is 9.80 Å². The Kier molecular flexibility index (Phi) is 7.89. The van der Waals surface area contributed by atoms with Crippen molar-refractivity contribution >= 4 is 17.8 Å². The highest BCUT2D eigenvalue weighted by Gasteiger charge is 2.42. The third-order valence-corrected chi connectivity index (χ3v) is 5.55. The van der Waals surface area contributed by atoms with Crippen molar-refractivity contribution in [1.29, 1.82) is 0 Å². The van der Waals surface area contributed by atoms with E-state index in [1.165, 1.54) is 18.4 Å². The highest BCUT2D eigenvalue weighted by atomic mass is 16.5. The molecule has 1 aromatic heterocycles. The van der Waals surface area contributed by atoms with E-state index in [2.05, 4.69) is 18.7 Å². The van der Waals surface area contributed by atoms with Crippen LogP contribution in [0.4, 0.5) is 0 Å². The molecule has 32 heavy (non-hydrogen) atoms. The smallest absolute Gasteiger partial charge is 0.290 e. The summed E-state index contributed by atoms with van der Waals surface area (Å²) in [5.74, 6) is -0.338. The fourth-order valence-corrected chi connectivity index (χ4v) is 3.85. The van der Waals surface area contributed by atoms with Crippen molar-refractivity contribution in [2.24, 2.45) is 0 Å². The maximum Gasteiger partial charge on any atom is 0.290 e. The Morgan fingerprint density at radius 1 is 1.22 bits per heavy atom. The third kappa shape index (κ3) is 5.11. The standard InChI is InChI=1S/C25H30N2O5/c1-4-26(5-2)14-15-27-23(18-9-7-10-20(17-18)31-6-3)22(24(29)25(27)30)21(28)13-12-19-11-8-16-32-19/h7-13,16-17,23,29H,4-6,14-15H2,1-3H3/b13-12+. The van der Waals surface area contributed by atoms with Gasteiger partial charge in [-0.3, -0.25) is 9.59 Å². The largest absolute Gasteiger partial charge is 0.503 e. The molecule has 1 N–H and O–H groups in total. The van der Waals surface area contributed by atoms with Crippen molar-refractivity contribution < 1.29 is 23.8 Å². The number of ketones is 1. The minimum absolute atomic E-state index is 0.0611. The molecule has 1 aliphatic heterocycles. The predicted octanol–water partition coefficient (Wildman–Crippen LogP) is 4.00. The Morgan fingerprint density at radius 3 is 2.66 bits per heavy atom. The van der Waals surface area contributed by atoms with Gasteiger partial charge in [-0.1, -0.05) is 26.0 Å². The summed E-state index contributed by atoms with van der Waals surface area (Å²) in [6.07, 6.45) is 4.36. The zero-order valence-electron chi connectivity index (χ0n) is 18.8. The lowest BCUT2D eigenvalue weighted by Gasteiger charge is -2.29. The molecule has 0 fully saturated rings. The van der Waals surface area contributed by atoms with Crippen molar-refractivity contribution in [2.45, 2.75) is 26.8 Å². The molecule has 170 valence electrons. The maximum atomic E-state index is 13.1. The van der Waals surface area contributed by atoms with Gasteiger partial charge >= 0.3 is 0 Å². The summed E-state index contributed by atoms with van der Waals surface area (Å²) in [6.45, 7) is 9.22. The molecule has 7 nitrogen and oxygen atoms in total. The topological polar surface area (TPSA) is 83.2 Å². The molecule has 3 rings (SSSR count). The van der Waals surface area contributed by atoms with Gasteiger partial charge < -0.3 is 24.1 Å². The van der Waals surface area contributed by atoms with Crippen LogP contribution >= 0.6 is 0 Å². The molecule has 1 atom stereocenters. The molecule has 0 bridgehead atoms. The van der Waals surface area contributed by atoms with Crippen LogP contribution in [0.2, 0.25) is 0 Å². The third-order valence-electron chi connectivity index (χ3n) is 5.55. The number of hydrogen-bond acceptors (Lipinski definition) is 6. The van der Waals surface area contributed by atoms with E-state index in [0.717, 1.165) is 13.1 Å². The predicted molar refractivity (Wildman–Crippen MR) is 122 cm³/mol. The van der Waals surface area contributed by atoms with Gasteiger partial charge in [-0.05, 0) is 62.0 Å². The number of rotatable bonds is 11. The second kappa shape index (κ2) is 10.8. The Labute approximate surface area is 188 Å². The number of ether oxygens (including phenoxy) is 1. The van der Waals surface area contributed by atoms with Crippen molar-refractivity contribution in [2.75, 3.05) is 32.8 Å². The summed E-state index contributed by atoms with van der Waals surface area (Å²) in [7, 11) is 0. The fraction of sp³-hybridized carbons (Fsp3) is 0.360. The molecule has 0 spiro atoms. The molecule has 7 heteroatoms. The van der Waals surface area contributed by atoms with Gasteiger partial charge in [0.1, 0.15) is 11.5 Å². The number of aliphatic hydroxyl groups is 1. The summed E-state index contributed by atoms with van der Waals surface area (Å²) in [5.41, 5.74) is 0.772. The molecule has 2 aromatic rings. The van der Waals surface area contributed by atoms with Crippen LogP contribution in [-0.2, 0) is 9.59 Å². The molecule has 1 unspecified atom stereocenters. The molecule has 0 radical (unpaired) electrons. The summed E-state index contributed by atoms with van der Waals surface area (Å²) in [6, 6.07) is 10.0. The van der Waals surface area contributed by atoms with E-state index in [1.807, 2.05) is 31.2 Å². The van der Waals surface area contributed by atoms with Crippen LogP contribution in [0, 0.1) is 0 Å². The Balaban J connectivity index is 1.97. The summed E-state index contributed by atoms with van der Waals surface area (Å²) in [4.78, 5) is 29.9. The average Bonchev–Trinajstić information content (AvgIpc) is 3.40. The van der Waals surface area contributed by atoms with E-state index < -0.39 is 23.5 Å². The van der Waals surface area contributed by atoms with E-state index in [-0.39, 0.29) is 5.57 Å². The second-order valence-corrected chi connectivity index (χ2v) is 7.41. The zero-order valence-corrected chi connectivity index (χ0v) is 18.8. The van der Waals surface area contributed by atoms with Gasteiger partial charge in [0.15, 0.2) is 11.5 Å². The number of allylic oxidation sites excluding steroid dienone is 1. The van der Waals surface area contributed by atoms with Crippen molar-refractivity contribution in [3.05, 3.63) is 71.4 Å². The minimum Gasteiger partial charge on any atom is -0.503 e. The molecular weight excluding hydrogens is 408 g/mol. The number of furan rings is 1. The summed E-state index contributed by atoms with van der Waals surface area (Å²) < 4.78 is 10.9. The van der Waals surface area contributed by atoms with E-state index in [9.17, 15) is 14.7 Å². The summed E-state index contributed by atoms with van der Waals surface area (Å²) in [5, 5.41) is 10.7. The maximum absolute atomic E-state index is 13.1. The van der Waals surface area contributed by atoms with Gasteiger partial charge in [-0.2, -0.15) is 0 Å². The van der Waals surface area contributed by atoms with Crippen LogP contribution < -0.4 is 4.74 Å². The second-order valence-electron chi connectivity index (χ2n) is 7.41. The first-order valence-electron chi connectivity index (χ1n) is 10.9. The van der Waals surface area contributed by atoms with E-state index in [0.29, 0.717) is 36.8 Å². The first-order valence-corrected chi connectivity index (χ1v) is 10.9. The minimum atomic E-state index is -0.702. The first kappa shape index (κ1) is 23.3. The van der Waals surface area contributed by atoms with Crippen LogP contribution in [0.25, 0.3) is 6.08 Å². The molecule has 1 amide bonds. The number of aliphatic hydroxyl groups excluding tert-OH is 1. The fourth-order valence-electron chi connectivity index (χ4n) is 3.85. The number of hydrogen-bond donors (Lipinski definition) is 1. The lowest BCUT2D eigenvalue weighted by Crippen LogP contribution is -2.38. The molecule has 2 heterocycles. The molecule has 0 aliphatic carbocycles. The molecule has 0 saturated heterocycles. The van der Waals surface area contributed by atoms with Gasteiger partial charge in [-0.25, -0.2) is 0 Å². The van der Waals surface area contributed by atoms with Crippen LogP contribution in [0.1, 0.15) is 38.1 Å². The highest BCUT2D eigenvalue weighted by molar-refractivity contribution is 6.14. The molecule has 0 saturated carbocycles. The average molecular weight is 439 g/mol. The van der Waals surface area contributed by atoms with Gasteiger partial charge in [0, 0.05) is 13.1 Å². The Morgan fingerprint density at radius 2 is 2.00 bits per heavy atom. The van der Waals surface area contributed by atoms with E-state index >= 15 is 0 Å². The SMILES string of the molecule is CCOc1cccc(C2C(C(=O)/C=C/c3ccco3)=C(O)C(=O)N2CCN(CC)CC)c1. The number of carbonyl (C=O) groups is 2. The first-order chi connectivity index (χ1) is 15.5. The highest BCUT2D eigenvalue weighted by Crippen LogP contribution is 2.38. The normalized spacial score (nSPS) is 16.6. The Hall–Kier alpha value is -3.32. The van der Waals surface area contributed by atoms with Crippen molar-refractivity contribution in [3.63, 3.8) is 0 Å². The van der Waals surface area contributed by atoms with Crippen LogP contribution in [0.15, 0.2) is 64.5 Å². The Bertz CT molecular complexity index is 990. The number of benzene rings is 1. The van der Waals surface area contributed by atoms with Crippen molar-refractivity contribution in [3.8, 4) is 5.75 Å². The monoisotopic (exact) mass is 438 g/mol. The van der Waals surface area contributed by atoms with Crippen LogP contribution in [0.3, 0.4) is 0 Å².